The van der Waals surface area contributed by atoms with Gasteiger partial charge < -0.3 is 10.1 Å². The Bertz CT molecular complexity index is 896. The van der Waals surface area contributed by atoms with E-state index in [4.69, 9.17) is 16.3 Å². The highest BCUT2D eigenvalue weighted by molar-refractivity contribution is 7.14. The molecule has 1 heterocycles. The van der Waals surface area contributed by atoms with Gasteiger partial charge in [-0.15, -0.1) is 11.3 Å². The molecule has 7 heteroatoms. The molecular formula is C18H14ClFN2O2S. The standard InChI is InChI=1S/C18H14ClFN2O2S/c1-24-16-7-4-12(9-14(16)19)15-10-25-18(21-15)22-17(23)8-11-2-5-13(20)6-3-11/h2-7,9-10H,8H2,1H3,(H,21,22,23). The lowest BCUT2D eigenvalue weighted by Gasteiger charge is -2.04. The number of carbonyl (C=O) groups is 1. The SMILES string of the molecule is COc1ccc(-c2csc(NC(=O)Cc3ccc(F)cc3)n2)cc1Cl. The van der Waals surface area contributed by atoms with E-state index in [0.29, 0.717) is 21.6 Å². The maximum Gasteiger partial charge on any atom is 0.230 e. The molecule has 4 nitrogen and oxygen atoms in total. The summed E-state index contributed by atoms with van der Waals surface area (Å²) < 4.78 is 18.0. The quantitative estimate of drug-likeness (QED) is 0.696. The van der Waals surface area contributed by atoms with Gasteiger partial charge in [0.05, 0.1) is 24.2 Å². The molecule has 0 fully saturated rings. The van der Waals surface area contributed by atoms with Crippen molar-refractivity contribution in [2.75, 3.05) is 12.4 Å². The van der Waals surface area contributed by atoms with E-state index in [1.54, 1.807) is 31.4 Å². The minimum Gasteiger partial charge on any atom is -0.495 e. The van der Waals surface area contributed by atoms with E-state index in [2.05, 4.69) is 10.3 Å². The van der Waals surface area contributed by atoms with Crippen LogP contribution in [-0.2, 0) is 11.2 Å². The van der Waals surface area contributed by atoms with Gasteiger partial charge in [-0.05, 0) is 35.9 Å². The Balaban J connectivity index is 1.68. The lowest BCUT2D eigenvalue weighted by molar-refractivity contribution is -0.115. The van der Waals surface area contributed by atoms with Gasteiger partial charge in [0.1, 0.15) is 11.6 Å². The number of benzene rings is 2. The Labute approximate surface area is 153 Å². The van der Waals surface area contributed by atoms with Gasteiger partial charge in [0, 0.05) is 10.9 Å². The highest BCUT2D eigenvalue weighted by Crippen LogP contribution is 2.31. The second kappa shape index (κ2) is 7.63. The van der Waals surface area contributed by atoms with Crippen molar-refractivity contribution in [2.45, 2.75) is 6.42 Å². The fourth-order valence-corrected chi connectivity index (χ4v) is 3.23. The van der Waals surface area contributed by atoms with Gasteiger partial charge in [-0.2, -0.15) is 0 Å². The van der Waals surface area contributed by atoms with Crippen LogP contribution in [0.25, 0.3) is 11.3 Å². The number of halogens is 2. The van der Waals surface area contributed by atoms with Crippen LogP contribution in [0.3, 0.4) is 0 Å². The first-order valence-corrected chi connectivity index (χ1v) is 8.64. The topological polar surface area (TPSA) is 51.2 Å². The third-order valence-electron chi connectivity index (χ3n) is 3.48. The highest BCUT2D eigenvalue weighted by atomic mass is 35.5. The Kier molecular flexibility index (Phi) is 5.31. The summed E-state index contributed by atoms with van der Waals surface area (Å²) in [7, 11) is 1.55. The third-order valence-corrected chi connectivity index (χ3v) is 4.53. The number of ether oxygens (including phenoxy) is 1. The van der Waals surface area contributed by atoms with E-state index in [9.17, 15) is 9.18 Å². The summed E-state index contributed by atoms with van der Waals surface area (Å²) >= 11 is 7.45. The van der Waals surface area contributed by atoms with Crippen molar-refractivity contribution in [3.05, 3.63) is 64.2 Å². The fourth-order valence-electron chi connectivity index (χ4n) is 2.24. The average Bonchev–Trinajstić information content (AvgIpc) is 3.05. The first-order valence-electron chi connectivity index (χ1n) is 7.39. The maximum atomic E-state index is 12.9. The van der Waals surface area contributed by atoms with E-state index in [1.165, 1.54) is 23.5 Å². The predicted molar refractivity (Wildman–Crippen MR) is 97.8 cm³/mol. The number of hydrogen-bond acceptors (Lipinski definition) is 4. The number of methoxy groups -OCH3 is 1. The molecule has 1 aromatic heterocycles. The van der Waals surface area contributed by atoms with Crippen LogP contribution in [0.1, 0.15) is 5.56 Å². The zero-order chi connectivity index (χ0) is 17.8. The molecule has 1 N–H and O–H groups in total. The molecule has 0 unspecified atom stereocenters. The molecule has 0 bridgehead atoms. The summed E-state index contributed by atoms with van der Waals surface area (Å²) in [5.74, 6) is 0.0561. The second-order valence-electron chi connectivity index (χ2n) is 5.24. The van der Waals surface area contributed by atoms with Crippen LogP contribution >= 0.6 is 22.9 Å². The van der Waals surface area contributed by atoms with Gasteiger partial charge in [0.15, 0.2) is 5.13 Å². The molecule has 0 saturated carbocycles. The van der Waals surface area contributed by atoms with E-state index >= 15 is 0 Å². The van der Waals surface area contributed by atoms with Crippen LogP contribution in [0, 0.1) is 5.82 Å². The van der Waals surface area contributed by atoms with E-state index in [1.807, 2.05) is 11.4 Å². The summed E-state index contributed by atoms with van der Waals surface area (Å²) in [6, 6.07) is 11.2. The summed E-state index contributed by atoms with van der Waals surface area (Å²) in [6.07, 6.45) is 0.156. The number of aromatic nitrogens is 1. The first-order chi connectivity index (χ1) is 12.0. The summed E-state index contributed by atoms with van der Waals surface area (Å²) in [4.78, 5) is 16.5. The van der Waals surface area contributed by atoms with Crippen molar-refractivity contribution in [1.29, 1.82) is 0 Å². The van der Waals surface area contributed by atoms with Gasteiger partial charge in [-0.1, -0.05) is 23.7 Å². The summed E-state index contributed by atoms with van der Waals surface area (Å²) in [5, 5.41) is 5.58. The van der Waals surface area contributed by atoms with Gasteiger partial charge in [-0.3, -0.25) is 4.79 Å². The van der Waals surface area contributed by atoms with E-state index < -0.39 is 0 Å². The van der Waals surface area contributed by atoms with Gasteiger partial charge >= 0.3 is 0 Å². The van der Waals surface area contributed by atoms with Crippen LogP contribution in [-0.4, -0.2) is 18.0 Å². The van der Waals surface area contributed by atoms with Crippen LogP contribution in [0.5, 0.6) is 5.75 Å². The second-order valence-corrected chi connectivity index (χ2v) is 6.50. The van der Waals surface area contributed by atoms with Crippen molar-refractivity contribution in [1.82, 2.24) is 4.98 Å². The van der Waals surface area contributed by atoms with E-state index in [0.717, 1.165) is 11.1 Å². The Hall–Kier alpha value is -2.44. The van der Waals surface area contributed by atoms with Crippen molar-refractivity contribution in [2.24, 2.45) is 0 Å². The number of nitrogens with one attached hydrogen (secondary N) is 1. The number of thiazole rings is 1. The molecule has 1 amide bonds. The molecule has 0 atom stereocenters. The van der Waals surface area contributed by atoms with Gasteiger partial charge in [-0.25, -0.2) is 9.37 Å². The van der Waals surface area contributed by atoms with Gasteiger partial charge in [0.25, 0.3) is 0 Å². The monoisotopic (exact) mass is 376 g/mol. The smallest absolute Gasteiger partial charge is 0.230 e. The molecule has 25 heavy (non-hydrogen) atoms. The average molecular weight is 377 g/mol. The molecule has 0 saturated heterocycles. The van der Waals surface area contributed by atoms with Crippen molar-refractivity contribution < 1.29 is 13.9 Å². The van der Waals surface area contributed by atoms with Crippen molar-refractivity contribution in [3.63, 3.8) is 0 Å². The molecule has 0 aliphatic heterocycles. The van der Waals surface area contributed by atoms with Crippen molar-refractivity contribution >= 4 is 34.0 Å². The number of amides is 1. The Morgan fingerprint density at radius 2 is 2.04 bits per heavy atom. The molecule has 128 valence electrons. The highest BCUT2D eigenvalue weighted by Gasteiger charge is 2.10. The molecule has 3 rings (SSSR count). The minimum absolute atomic E-state index is 0.156. The summed E-state index contributed by atoms with van der Waals surface area (Å²) in [6.45, 7) is 0. The zero-order valence-electron chi connectivity index (χ0n) is 13.3. The van der Waals surface area contributed by atoms with Crippen LogP contribution in [0.4, 0.5) is 9.52 Å². The molecular weight excluding hydrogens is 363 g/mol. The van der Waals surface area contributed by atoms with Crippen LogP contribution in [0.2, 0.25) is 5.02 Å². The molecule has 0 radical (unpaired) electrons. The molecule has 0 spiro atoms. The predicted octanol–water partition coefficient (Wildman–Crippen LogP) is 4.79. The van der Waals surface area contributed by atoms with Gasteiger partial charge in [0.2, 0.25) is 5.91 Å². The van der Waals surface area contributed by atoms with Crippen LogP contribution < -0.4 is 10.1 Å². The number of rotatable bonds is 5. The van der Waals surface area contributed by atoms with Crippen molar-refractivity contribution in [3.8, 4) is 17.0 Å². The van der Waals surface area contributed by atoms with E-state index in [-0.39, 0.29) is 18.1 Å². The number of carbonyl (C=O) groups excluding carboxylic acids is 1. The number of anilines is 1. The number of hydrogen-bond donors (Lipinski definition) is 1. The maximum absolute atomic E-state index is 12.9. The largest absolute Gasteiger partial charge is 0.495 e. The summed E-state index contributed by atoms with van der Waals surface area (Å²) in [5.41, 5.74) is 2.28. The molecule has 0 aliphatic rings. The fraction of sp³-hybridized carbons (Fsp3) is 0.111. The Morgan fingerprint density at radius 3 is 2.72 bits per heavy atom. The third kappa shape index (κ3) is 4.35. The minimum atomic E-state index is -0.327. The number of nitrogens with zero attached hydrogens (tertiary/aromatic N) is 1. The molecule has 0 aliphatic carbocycles. The lowest BCUT2D eigenvalue weighted by atomic mass is 10.1. The molecule has 2 aromatic carbocycles. The normalized spacial score (nSPS) is 10.5. The first kappa shape index (κ1) is 17.4. The lowest BCUT2D eigenvalue weighted by Crippen LogP contribution is -2.14. The Morgan fingerprint density at radius 1 is 1.28 bits per heavy atom. The molecule has 3 aromatic rings. The van der Waals surface area contributed by atoms with Crippen LogP contribution in [0.15, 0.2) is 47.8 Å². The zero-order valence-corrected chi connectivity index (χ0v) is 14.8.